The maximum absolute atomic E-state index is 11.2. The van der Waals surface area contributed by atoms with Gasteiger partial charge in [-0.15, -0.1) is 6.58 Å². The van der Waals surface area contributed by atoms with Crippen LogP contribution in [0.4, 0.5) is 0 Å². The number of hydrogen-bond donors (Lipinski definition) is 0. The third-order valence-corrected chi connectivity index (χ3v) is 2.78. The molecule has 1 rings (SSSR count). The molecule has 0 N–H and O–H groups in total. The van der Waals surface area contributed by atoms with E-state index in [1.807, 2.05) is 6.08 Å². The fraction of sp³-hybridized carbons (Fsp3) is 0.727. The summed E-state index contributed by atoms with van der Waals surface area (Å²) in [6.45, 7) is 4.64. The summed E-state index contributed by atoms with van der Waals surface area (Å²) < 4.78 is 0. The maximum atomic E-state index is 11.2. The van der Waals surface area contributed by atoms with Gasteiger partial charge in [-0.05, 0) is 26.3 Å². The number of piperidine rings is 1. The summed E-state index contributed by atoms with van der Waals surface area (Å²) in [5, 5.41) is 0. The molecule has 0 radical (unpaired) electrons. The van der Waals surface area contributed by atoms with Crippen molar-refractivity contribution in [3.63, 3.8) is 0 Å². The molecule has 13 heavy (non-hydrogen) atoms. The zero-order valence-electron chi connectivity index (χ0n) is 8.46. The van der Waals surface area contributed by atoms with Gasteiger partial charge in [0.1, 0.15) is 5.78 Å². The van der Waals surface area contributed by atoms with Gasteiger partial charge in [-0.1, -0.05) is 6.08 Å². The minimum absolute atomic E-state index is 0.432. The predicted octanol–water partition coefficient (Wildman–Crippen LogP) is 2.01. The molecule has 0 aromatic rings. The highest BCUT2D eigenvalue weighted by Crippen LogP contribution is 2.17. The molecule has 0 aromatic heterocycles. The third-order valence-electron chi connectivity index (χ3n) is 2.78. The zero-order chi connectivity index (χ0) is 9.68. The van der Waals surface area contributed by atoms with Crippen molar-refractivity contribution in [2.24, 2.45) is 0 Å². The maximum Gasteiger partial charge on any atom is 0.135 e. The Morgan fingerprint density at radius 2 is 2.46 bits per heavy atom. The van der Waals surface area contributed by atoms with Crippen LogP contribution in [0.2, 0.25) is 0 Å². The van der Waals surface area contributed by atoms with Gasteiger partial charge in [-0.3, -0.25) is 4.79 Å². The zero-order valence-corrected chi connectivity index (χ0v) is 8.46. The molecule has 0 aliphatic carbocycles. The Balaban J connectivity index is 2.28. The second-order valence-electron chi connectivity index (χ2n) is 3.85. The van der Waals surface area contributed by atoms with Gasteiger partial charge in [0.15, 0.2) is 0 Å². The van der Waals surface area contributed by atoms with Crippen molar-refractivity contribution in [2.75, 3.05) is 13.6 Å². The molecule has 74 valence electrons. The Kier molecular flexibility index (Phi) is 4.16. The molecule has 2 heteroatoms. The standard InChI is InChI=1S/C11H19NO/c1-3-4-5-6-10-9-11(13)7-8-12(10)2/h3,10H,1,4-9H2,2H3. The molecular formula is C11H19NO. The van der Waals surface area contributed by atoms with Crippen LogP contribution in [0.15, 0.2) is 12.7 Å². The SMILES string of the molecule is C=CCCCC1CC(=O)CCN1C. The van der Waals surface area contributed by atoms with Crippen LogP contribution in [0.5, 0.6) is 0 Å². The lowest BCUT2D eigenvalue weighted by Crippen LogP contribution is -2.39. The van der Waals surface area contributed by atoms with E-state index in [9.17, 15) is 4.79 Å². The van der Waals surface area contributed by atoms with E-state index >= 15 is 0 Å². The van der Waals surface area contributed by atoms with Crippen molar-refractivity contribution in [1.29, 1.82) is 0 Å². The van der Waals surface area contributed by atoms with Crippen molar-refractivity contribution >= 4 is 5.78 Å². The van der Waals surface area contributed by atoms with Crippen LogP contribution in [0.3, 0.4) is 0 Å². The molecule has 0 aromatic carbocycles. The second kappa shape index (κ2) is 5.18. The van der Waals surface area contributed by atoms with Gasteiger partial charge < -0.3 is 4.90 Å². The van der Waals surface area contributed by atoms with Crippen molar-refractivity contribution in [3.8, 4) is 0 Å². The van der Waals surface area contributed by atoms with Gasteiger partial charge in [0, 0.05) is 25.4 Å². The van der Waals surface area contributed by atoms with E-state index in [4.69, 9.17) is 0 Å². The average Bonchev–Trinajstić information content (AvgIpc) is 2.11. The number of allylic oxidation sites excluding steroid dienone is 1. The first kappa shape index (κ1) is 10.5. The van der Waals surface area contributed by atoms with E-state index in [0.717, 1.165) is 38.6 Å². The van der Waals surface area contributed by atoms with Crippen molar-refractivity contribution in [3.05, 3.63) is 12.7 Å². The van der Waals surface area contributed by atoms with Crippen molar-refractivity contribution < 1.29 is 4.79 Å². The van der Waals surface area contributed by atoms with Gasteiger partial charge in [-0.25, -0.2) is 0 Å². The van der Waals surface area contributed by atoms with Crippen LogP contribution >= 0.6 is 0 Å². The van der Waals surface area contributed by atoms with Crippen LogP contribution in [-0.4, -0.2) is 30.3 Å². The van der Waals surface area contributed by atoms with Crippen LogP contribution in [-0.2, 0) is 4.79 Å². The van der Waals surface area contributed by atoms with E-state index in [0.29, 0.717) is 11.8 Å². The highest BCUT2D eigenvalue weighted by Gasteiger charge is 2.23. The number of nitrogens with zero attached hydrogens (tertiary/aromatic N) is 1. The summed E-state index contributed by atoms with van der Waals surface area (Å²) in [6, 6.07) is 0.487. The first-order chi connectivity index (χ1) is 6.24. The molecule has 2 nitrogen and oxygen atoms in total. The first-order valence-electron chi connectivity index (χ1n) is 5.07. The Hall–Kier alpha value is -0.630. The third kappa shape index (κ3) is 3.31. The number of carbonyl (C=O) groups excluding carboxylic acids is 1. The second-order valence-corrected chi connectivity index (χ2v) is 3.85. The molecule has 1 aliphatic rings. The summed E-state index contributed by atoms with van der Waals surface area (Å²) in [4.78, 5) is 13.5. The lowest BCUT2D eigenvalue weighted by atomic mass is 9.97. The summed E-state index contributed by atoms with van der Waals surface area (Å²) in [6.07, 6.45) is 6.81. The molecule has 0 bridgehead atoms. The molecule has 1 aliphatic heterocycles. The molecular weight excluding hydrogens is 162 g/mol. The fourth-order valence-corrected chi connectivity index (χ4v) is 1.82. The minimum Gasteiger partial charge on any atom is -0.303 e. The van der Waals surface area contributed by atoms with E-state index in [1.165, 1.54) is 0 Å². The first-order valence-corrected chi connectivity index (χ1v) is 5.07. The Labute approximate surface area is 80.6 Å². The molecule has 1 fully saturated rings. The summed E-state index contributed by atoms with van der Waals surface area (Å²) >= 11 is 0. The molecule has 1 heterocycles. The minimum atomic E-state index is 0.432. The summed E-state index contributed by atoms with van der Waals surface area (Å²) in [7, 11) is 2.12. The predicted molar refractivity (Wildman–Crippen MR) is 54.7 cm³/mol. The molecule has 0 saturated carbocycles. The highest BCUT2D eigenvalue weighted by atomic mass is 16.1. The van der Waals surface area contributed by atoms with Gasteiger partial charge in [0.05, 0.1) is 0 Å². The summed E-state index contributed by atoms with van der Waals surface area (Å²) in [5.41, 5.74) is 0. The average molecular weight is 181 g/mol. The van der Waals surface area contributed by atoms with Crippen molar-refractivity contribution in [2.45, 2.75) is 38.1 Å². The van der Waals surface area contributed by atoms with Crippen LogP contribution < -0.4 is 0 Å². The van der Waals surface area contributed by atoms with E-state index in [-0.39, 0.29) is 0 Å². The monoisotopic (exact) mass is 181 g/mol. The topological polar surface area (TPSA) is 20.3 Å². The Bertz CT molecular complexity index is 189. The largest absolute Gasteiger partial charge is 0.303 e. The van der Waals surface area contributed by atoms with Gasteiger partial charge in [-0.2, -0.15) is 0 Å². The highest BCUT2D eigenvalue weighted by molar-refractivity contribution is 5.79. The molecule has 1 atom stereocenters. The molecule has 1 saturated heterocycles. The Morgan fingerprint density at radius 1 is 1.69 bits per heavy atom. The number of hydrogen-bond acceptors (Lipinski definition) is 2. The van der Waals surface area contributed by atoms with Crippen LogP contribution in [0.1, 0.15) is 32.1 Å². The quantitative estimate of drug-likeness (QED) is 0.488. The summed E-state index contributed by atoms with van der Waals surface area (Å²) in [5.74, 6) is 0.432. The molecule has 1 unspecified atom stereocenters. The van der Waals surface area contributed by atoms with Gasteiger partial charge in [0.2, 0.25) is 0 Å². The number of ketones is 1. The normalized spacial score (nSPS) is 24.7. The van der Waals surface area contributed by atoms with Crippen molar-refractivity contribution in [1.82, 2.24) is 4.90 Å². The number of rotatable bonds is 4. The van der Waals surface area contributed by atoms with Crippen LogP contribution in [0.25, 0.3) is 0 Å². The van der Waals surface area contributed by atoms with E-state index in [2.05, 4.69) is 18.5 Å². The lowest BCUT2D eigenvalue weighted by Gasteiger charge is -2.31. The smallest absolute Gasteiger partial charge is 0.135 e. The van der Waals surface area contributed by atoms with Gasteiger partial charge >= 0.3 is 0 Å². The number of Topliss-reactive ketones (excluding diaryl/α,β-unsaturated/α-hetero) is 1. The number of unbranched alkanes of at least 4 members (excludes halogenated alkanes) is 1. The molecule has 0 spiro atoms. The fourth-order valence-electron chi connectivity index (χ4n) is 1.82. The van der Waals surface area contributed by atoms with E-state index in [1.54, 1.807) is 0 Å². The van der Waals surface area contributed by atoms with Gasteiger partial charge in [0.25, 0.3) is 0 Å². The Morgan fingerprint density at radius 3 is 3.15 bits per heavy atom. The number of carbonyl (C=O) groups is 1. The lowest BCUT2D eigenvalue weighted by molar-refractivity contribution is -0.122. The number of likely N-dealkylation sites (tertiary alicyclic amines) is 1. The van der Waals surface area contributed by atoms with E-state index < -0.39 is 0 Å². The molecule has 0 amide bonds. The van der Waals surface area contributed by atoms with Crippen LogP contribution in [0, 0.1) is 0 Å².